The van der Waals surface area contributed by atoms with Gasteiger partial charge in [-0.2, -0.15) is 5.10 Å². The Labute approximate surface area is 114 Å². The lowest BCUT2D eigenvalue weighted by Crippen LogP contribution is -2.25. The van der Waals surface area contributed by atoms with E-state index < -0.39 is 0 Å². The first kappa shape index (κ1) is 12.8. The zero-order chi connectivity index (χ0) is 13.3. The van der Waals surface area contributed by atoms with Gasteiger partial charge in [-0.3, -0.25) is 9.48 Å². The van der Waals surface area contributed by atoms with E-state index >= 15 is 0 Å². The number of anilines is 1. The van der Waals surface area contributed by atoms with Crippen molar-refractivity contribution in [2.45, 2.75) is 6.92 Å². The summed E-state index contributed by atoms with van der Waals surface area (Å²) in [5.41, 5.74) is 2.49. The molecular formula is C13H14BrN3O. The molecule has 0 saturated heterocycles. The minimum Gasteiger partial charge on any atom is -0.309 e. The van der Waals surface area contributed by atoms with E-state index in [0.29, 0.717) is 5.56 Å². The number of carbonyl (C=O) groups is 1. The molecule has 0 bridgehead atoms. The average molecular weight is 308 g/mol. The highest BCUT2D eigenvalue weighted by molar-refractivity contribution is 9.10. The van der Waals surface area contributed by atoms with Crippen molar-refractivity contribution in [2.24, 2.45) is 7.05 Å². The third-order valence-electron chi connectivity index (χ3n) is 2.79. The van der Waals surface area contributed by atoms with Crippen molar-refractivity contribution < 1.29 is 4.79 Å². The SMILES string of the molecule is Cc1cc(C(=O)N(C)c2cnn(C)c2)ccc1Br. The van der Waals surface area contributed by atoms with Gasteiger partial charge in [-0.05, 0) is 30.7 Å². The third kappa shape index (κ3) is 2.46. The predicted molar refractivity (Wildman–Crippen MR) is 74.8 cm³/mol. The number of hydrogen-bond donors (Lipinski definition) is 0. The maximum absolute atomic E-state index is 12.3. The molecular weight excluding hydrogens is 294 g/mol. The van der Waals surface area contributed by atoms with Crippen molar-refractivity contribution in [2.75, 3.05) is 11.9 Å². The van der Waals surface area contributed by atoms with Crippen LogP contribution in [-0.2, 0) is 7.05 Å². The minimum atomic E-state index is -0.0430. The number of amides is 1. The summed E-state index contributed by atoms with van der Waals surface area (Å²) in [5.74, 6) is -0.0430. The van der Waals surface area contributed by atoms with E-state index in [-0.39, 0.29) is 5.91 Å². The highest BCUT2D eigenvalue weighted by Gasteiger charge is 2.15. The van der Waals surface area contributed by atoms with Gasteiger partial charge in [0.05, 0.1) is 11.9 Å². The van der Waals surface area contributed by atoms with Gasteiger partial charge < -0.3 is 4.90 Å². The van der Waals surface area contributed by atoms with Crippen molar-refractivity contribution in [3.8, 4) is 0 Å². The molecule has 1 aromatic carbocycles. The van der Waals surface area contributed by atoms with Crippen LogP contribution in [-0.4, -0.2) is 22.7 Å². The summed E-state index contributed by atoms with van der Waals surface area (Å²) in [6.07, 6.45) is 3.48. The summed E-state index contributed by atoms with van der Waals surface area (Å²) >= 11 is 3.43. The summed E-state index contributed by atoms with van der Waals surface area (Å²) in [5, 5.41) is 4.06. The summed E-state index contributed by atoms with van der Waals surface area (Å²) in [6.45, 7) is 1.96. The van der Waals surface area contributed by atoms with E-state index in [9.17, 15) is 4.79 Å². The number of rotatable bonds is 2. The molecule has 4 nitrogen and oxygen atoms in total. The lowest BCUT2D eigenvalue weighted by atomic mass is 10.1. The Balaban J connectivity index is 2.28. The number of halogens is 1. The Bertz CT molecular complexity index is 592. The molecule has 0 radical (unpaired) electrons. The number of aromatic nitrogens is 2. The Morgan fingerprint density at radius 2 is 2.17 bits per heavy atom. The fourth-order valence-electron chi connectivity index (χ4n) is 1.67. The highest BCUT2D eigenvalue weighted by Crippen LogP contribution is 2.19. The zero-order valence-electron chi connectivity index (χ0n) is 10.5. The van der Waals surface area contributed by atoms with Crippen LogP contribution >= 0.6 is 15.9 Å². The van der Waals surface area contributed by atoms with Crippen LogP contribution in [0.3, 0.4) is 0 Å². The molecule has 0 saturated carbocycles. The predicted octanol–water partition coefficient (Wildman–Crippen LogP) is 2.77. The van der Waals surface area contributed by atoms with Crippen molar-refractivity contribution >= 4 is 27.5 Å². The fourth-order valence-corrected chi connectivity index (χ4v) is 1.92. The molecule has 0 aliphatic heterocycles. The minimum absolute atomic E-state index is 0.0430. The molecule has 1 heterocycles. The molecule has 0 aliphatic rings. The molecule has 0 aliphatic carbocycles. The van der Waals surface area contributed by atoms with Gasteiger partial charge in [-0.15, -0.1) is 0 Å². The second-order valence-corrected chi connectivity index (χ2v) is 5.05. The summed E-state index contributed by atoms with van der Waals surface area (Å²) in [7, 11) is 3.57. The van der Waals surface area contributed by atoms with Crippen LogP contribution in [0.1, 0.15) is 15.9 Å². The Morgan fingerprint density at radius 3 is 2.72 bits per heavy atom. The van der Waals surface area contributed by atoms with E-state index in [1.165, 1.54) is 0 Å². The largest absolute Gasteiger partial charge is 0.309 e. The summed E-state index contributed by atoms with van der Waals surface area (Å²) in [6, 6.07) is 5.57. The van der Waals surface area contributed by atoms with Crippen molar-refractivity contribution in [3.63, 3.8) is 0 Å². The Kier molecular flexibility index (Phi) is 3.52. The van der Waals surface area contributed by atoms with E-state index in [4.69, 9.17) is 0 Å². The van der Waals surface area contributed by atoms with Crippen LogP contribution in [0.25, 0.3) is 0 Å². The second kappa shape index (κ2) is 4.94. The quantitative estimate of drug-likeness (QED) is 0.855. The monoisotopic (exact) mass is 307 g/mol. The van der Waals surface area contributed by atoms with Crippen LogP contribution in [0.5, 0.6) is 0 Å². The molecule has 0 N–H and O–H groups in total. The number of aryl methyl sites for hydroxylation is 2. The standard InChI is InChI=1S/C13H14BrN3O/c1-9-6-10(4-5-12(9)14)13(18)17(3)11-7-15-16(2)8-11/h4-8H,1-3H3. The van der Waals surface area contributed by atoms with Crippen LogP contribution in [0, 0.1) is 6.92 Å². The van der Waals surface area contributed by atoms with Gasteiger partial charge in [0.1, 0.15) is 0 Å². The Morgan fingerprint density at radius 1 is 1.44 bits per heavy atom. The summed E-state index contributed by atoms with van der Waals surface area (Å²) < 4.78 is 2.68. The summed E-state index contributed by atoms with van der Waals surface area (Å²) in [4.78, 5) is 13.9. The van der Waals surface area contributed by atoms with Crippen molar-refractivity contribution in [3.05, 3.63) is 46.2 Å². The Hall–Kier alpha value is -1.62. The molecule has 1 aromatic heterocycles. The number of nitrogens with zero attached hydrogens (tertiary/aromatic N) is 3. The van der Waals surface area contributed by atoms with Crippen LogP contribution < -0.4 is 4.90 Å². The molecule has 0 spiro atoms. The molecule has 94 valence electrons. The van der Waals surface area contributed by atoms with Gasteiger partial charge in [0, 0.05) is 30.3 Å². The van der Waals surface area contributed by atoms with Gasteiger partial charge in [-0.25, -0.2) is 0 Å². The smallest absolute Gasteiger partial charge is 0.258 e. The molecule has 0 fully saturated rings. The topological polar surface area (TPSA) is 38.1 Å². The lowest BCUT2D eigenvalue weighted by Gasteiger charge is -2.15. The van der Waals surface area contributed by atoms with Gasteiger partial charge in [0.15, 0.2) is 0 Å². The third-order valence-corrected chi connectivity index (χ3v) is 3.68. The molecule has 0 unspecified atom stereocenters. The van der Waals surface area contributed by atoms with Gasteiger partial charge in [0.25, 0.3) is 5.91 Å². The highest BCUT2D eigenvalue weighted by atomic mass is 79.9. The first-order valence-corrected chi connectivity index (χ1v) is 6.31. The fraction of sp³-hybridized carbons (Fsp3) is 0.231. The van der Waals surface area contributed by atoms with Crippen LogP contribution in [0.2, 0.25) is 0 Å². The molecule has 2 rings (SSSR count). The lowest BCUT2D eigenvalue weighted by molar-refractivity contribution is 0.0993. The molecule has 0 atom stereocenters. The van der Waals surface area contributed by atoms with E-state index in [0.717, 1.165) is 15.7 Å². The van der Waals surface area contributed by atoms with Gasteiger partial charge in [-0.1, -0.05) is 15.9 Å². The van der Waals surface area contributed by atoms with E-state index in [1.807, 2.05) is 38.4 Å². The van der Waals surface area contributed by atoms with Crippen LogP contribution in [0.15, 0.2) is 35.1 Å². The van der Waals surface area contributed by atoms with E-state index in [2.05, 4.69) is 21.0 Å². The number of hydrogen-bond acceptors (Lipinski definition) is 2. The molecule has 2 aromatic rings. The van der Waals surface area contributed by atoms with E-state index in [1.54, 1.807) is 22.8 Å². The van der Waals surface area contributed by atoms with Crippen LogP contribution in [0.4, 0.5) is 5.69 Å². The second-order valence-electron chi connectivity index (χ2n) is 4.20. The normalized spacial score (nSPS) is 10.4. The van der Waals surface area contributed by atoms with Crippen molar-refractivity contribution in [1.82, 2.24) is 9.78 Å². The van der Waals surface area contributed by atoms with Crippen molar-refractivity contribution in [1.29, 1.82) is 0 Å². The average Bonchev–Trinajstić information content (AvgIpc) is 2.77. The zero-order valence-corrected chi connectivity index (χ0v) is 12.1. The van der Waals surface area contributed by atoms with Gasteiger partial charge in [0.2, 0.25) is 0 Å². The number of carbonyl (C=O) groups excluding carboxylic acids is 1. The molecule has 5 heteroatoms. The maximum Gasteiger partial charge on any atom is 0.258 e. The van der Waals surface area contributed by atoms with Gasteiger partial charge >= 0.3 is 0 Å². The first-order valence-electron chi connectivity index (χ1n) is 5.52. The first-order chi connectivity index (χ1) is 8.49. The number of benzene rings is 1. The maximum atomic E-state index is 12.3. The molecule has 18 heavy (non-hydrogen) atoms. The molecule has 1 amide bonds.